The quantitative estimate of drug-likeness (QED) is 0.384. The summed E-state index contributed by atoms with van der Waals surface area (Å²) in [5.74, 6) is 2.33. The molecule has 0 saturated carbocycles. The smallest absolute Gasteiger partial charge is 0.00988 e. The number of hydrogen-bond donors (Lipinski definition) is 0. The van der Waals surface area contributed by atoms with E-state index >= 15 is 0 Å². The molecule has 128 valence electrons. The molecule has 4 rings (SSSR count). The molecule has 0 unspecified atom stereocenters. The summed E-state index contributed by atoms with van der Waals surface area (Å²) >= 11 is 0. The minimum atomic E-state index is -0.578. The lowest BCUT2D eigenvalue weighted by atomic mass is 10.1. The Morgan fingerprint density at radius 1 is 0.654 bits per heavy atom. The molecule has 3 aromatic carbocycles. The van der Waals surface area contributed by atoms with Crippen LogP contribution in [0.1, 0.15) is 11.1 Å². The zero-order valence-corrected chi connectivity index (χ0v) is 16.8. The molecule has 0 bridgehead atoms. The van der Waals surface area contributed by atoms with Crippen LogP contribution >= 0.6 is 16.1 Å². The highest BCUT2D eigenvalue weighted by molar-refractivity contribution is 7.80. The van der Waals surface area contributed by atoms with Crippen molar-refractivity contribution in [2.45, 2.75) is 13.8 Å². The largest absolute Gasteiger partial charge is 0.522 e. The Morgan fingerprint density at radius 3 is 1.73 bits per heavy atom. The van der Waals surface area contributed by atoms with Gasteiger partial charge in [0.15, 0.2) is 0 Å². The Hall–Kier alpha value is -2.13. The average molecular weight is 371 g/mol. The van der Waals surface area contributed by atoms with E-state index < -0.39 is 7.92 Å². The van der Waals surface area contributed by atoms with Crippen LogP contribution in [-0.4, -0.2) is 0 Å². The molecule has 0 N–H and O–H groups in total. The third-order valence-corrected chi connectivity index (χ3v) is 8.61. The average Bonchev–Trinajstić information content (AvgIpc) is 3.03. The number of benzene rings is 3. The maximum atomic E-state index is 2.33. The van der Waals surface area contributed by atoms with Crippen molar-refractivity contribution in [3.05, 3.63) is 102 Å². The molecule has 2 heteroatoms. The number of rotatable bonds is 4. The van der Waals surface area contributed by atoms with Crippen molar-refractivity contribution in [2.75, 3.05) is 0 Å². The summed E-state index contributed by atoms with van der Waals surface area (Å²) in [6.45, 7) is 4.47. The Kier molecular flexibility index (Phi) is 5.07. The zero-order chi connectivity index (χ0) is 17.9. The van der Waals surface area contributed by atoms with Crippen LogP contribution in [0, 0.1) is 13.8 Å². The van der Waals surface area contributed by atoms with Crippen LogP contribution in [-0.2, 0) is 0 Å². The SMILES string of the molecule is Cc1c[p-]c(-c2ccccc2P(c2ccccc2)c2ccccc2)c1C. The predicted molar refractivity (Wildman–Crippen MR) is 118 cm³/mol. The van der Waals surface area contributed by atoms with E-state index in [-0.39, 0.29) is 0 Å². The van der Waals surface area contributed by atoms with Gasteiger partial charge in [-0.2, -0.15) is 5.30 Å². The Bertz CT molecular complexity index is 961. The van der Waals surface area contributed by atoms with Gasteiger partial charge in [0.25, 0.3) is 0 Å². The molecule has 0 fully saturated rings. The van der Waals surface area contributed by atoms with Crippen LogP contribution in [0.3, 0.4) is 0 Å². The van der Waals surface area contributed by atoms with E-state index in [9.17, 15) is 0 Å². The van der Waals surface area contributed by atoms with Crippen LogP contribution < -0.4 is 15.9 Å². The Balaban J connectivity index is 1.95. The maximum absolute atomic E-state index is 2.33. The first kappa shape index (κ1) is 17.3. The fourth-order valence-corrected chi connectivity index (χ4v) is 7.03. The summed E-state index contributed by atoms with van der Waals surface area (Å²) in [6.07, 6.45) is 0. The fraction of sp³-hybridized carbons (Fsp3) is 0.0833. The summed E-state index contributed by atoms with van der Waals surface area (Å²) in [5, 5.41) is 5.71. The van der Waals surface area contributed by atoms with Gasteiger partial charge in [0.2, 0.25) is 0 Å². The van der Waals surface area contributed by atoms with E-state index in [1.807, 2.05) is 0 Å². The molecule has 1 aromatic heterocycles. The minimum Gasteiger partial charge on any atom is -0.522 e. The lowest BCUT2D eigenvalue weighted by Crippen LogP contribution is -2.21. The molecular weight excluding hydrogens is 350 g/mol. The van der Waals surface area contributed by atoms with E-state index in [2.05, 4.69) is 105 Å². The molecule has 0 amide bonds. The highest BCUT2D eigenvalue weighted by Crippen LogP contribution is 2.41. The number of hydrogen-bond acceptors (Lipinski definition) is 0. The van der Waals surface area contributed by atoms with Crippen molar-refractivity contribution in [2.24, 2.45) is 0 Å². The molecule has 0 radical (unpaired) electrons. The second-order valence-corrected chi connectivity index (χ2v) is 9.59. The van der Waals surface area contributed by atoms with Gasteiger partial charge in [0, 0.05) is 0 Å². The van der Waals surface area contributed by atoms with Gasteiger partial charge in [-0.1, -0.05) is 96.1 Å². The third kappa shape index (κ3) is 3.28. The summed E-state index contributed by atoms with van der Waals surface area (Å²) in [7, 11) is 0.738. The second kappa shape index (κ2) is 7.63. The van der Waals surface area contributed by atoms with Crippen LogP contribution in [0.2, 0.25) is 0 Å². The summed E-state index contributed by atoms with van der Waals surface area (Å²) in [4.78, 5) is 0. The van der Waals surface area contributed by atoms with Crippen molar-refractivity contribution in [3.8, 4) is 10.9 Å². The molecule has 0 nitrogen and oxygen atoms in total. The van der Waals surface area contributed by atoms with Gasteiger partial charge in [-0.05, 0) is 43.2 Å². The molecule has 0 atom stereocenters. The first-order valence-electron chi connectivity index (χ1n) is 8.84. The molecule has 1 heterocycles. The lowest BCUT2D eigenvalue weighted by Gasteiger charge is -2.24. The van der Waals surface area contributed by atoms with E-state index in [0.29, 0.717) is 0 Å². The van der Waals surface area contributed by atoms with E-state index in [1.165, 1.54) is 46.1 Å². The summed E-state index contributed by atoms with van der Waals surface area (Å²) < 4.78 is 0. The van der Waals surface area contributed by atoms with Gasteiger partial charge in [0.05, 0.1) is 0 Å². The monoisotopic (exact) mass is 371 g/mol. The minimum absolute atomic E-state index is 0.578. The first-order chi connectivity index (χ1) is 12.8. The third-order valence-electron chi connectivity index (χ3n) is 4.76. The van der Waals surface area contributed by atoms with Gasteiger partial charge in [-0.25, -0.2) is 5.80 Å². The molecule has 4 aromatic rings. The van der Waals surface area contributed by atoms with Crippen molar-refractivity contribution < 1.29 is 0 Å². The molecule has 0 saturated heterocycles. The van der Waals surface area contributed by atoms with Crippen molar-refractivity contribution >= 4 is 32.0 Å². The topological polar surface area (TPSA) is 0 Å². The van der Waals surface area contributed by atoms with E-state index in [0.717, 1.165) is 0 Å². The van der Waals surface area contributed by atoms with Gasteiger partial charge in [-0.15, -0.1) is 0 Å². The lowest BCUT2D eigenvalue weighted by molar-refractivity contribution is 1.40. The molecule has 0 spiro atoms. The first-order valence-corrected chi connectivity index (χ1v) is 11.1. The van der Waals surface area contributed by atoms with Gasteiger partial charge in [0.1, 0.15) is 0 Å². The normalized spacial score (nSPS) is 11.3. The highest BCUT2D eigenvalue weighted by atomic mass is 31.1. The van der Waals surface area contributed by atoms with Gasteiger partial charge >= 0.3 is 0 Å². The van der Waals surface area contributed by atoms with Crippen LogP contribution in [0.25, 0.3) is 10.9 Å². The van der Waals surface area contributed by atoms with Crippen LogP contribution in [0.15, 0.2) is 90.7 Å². The zero-order valence-electron chi connectivity index (χ0n) is 15.1. The highest BCUT2D eigenvalue weighted by Gasteiger charge is 2.19. The molecule has 0 aliphatic rings. The Labute approximate surface area is 158 Å². The van der Waals surface area contributed by atoms with Gasteiger partial charge in [-0.3, -0.25) is 0 Å². The summed E-state index contributed by atoms with van der Waals surface area (Å²) in [5.41, 5.74) is 4.23. The molecule has 26 heavy (non-hydrogen) atoms. The van der Waals surface area contributed by atoms with Crippen molar-refractivity contribution in [1.82, 2.24) is 0 Å². The molecule has 0 aliphatic carbocycles. The van der Waals surface area contributed by atoms with Crippen LogP contribution in [0.5, 0.6) is 0 Å². The van der Waals surface area contributed by atoms with Gasteiger partial charge < -0.3 is 8.19 Å². The Morgan fingerprint density at radius 2 is 1.19 bits per heavy atom. The second-order valence-electron chi connectivity index (χ2n) is 6.44. The van der Waals surface area contributed by atoms with E-state index in [4.69, 9.17) is 0 Å². The molecular formula is C24H21P2-. The standard InChI is InChI=1S/C24H21P2/c1-18-17-25-24(19(18)2)22-15-9-10-16-23(22)26(20-11-5-3-6-12-20)21-13-7-4-8-14-21/h3-17H,1-2H3/q-1. The maximum Gasteiger partial charge on any atom is -0.00988 e. The van der Waals surface area contributed by atoms with Crippen LogP contribution in [0.4, 0.5) is 0 Å². The van der Waals surface area contributed by atoms with E-state index in [1.54, 1.807) is 0 Å². The number of aryl methyl sites for hydroxylation is 1. The predicted octanol–water partition coefficient (Wildman–Crippen LogP) is 6.03. The van der Waals surface area contributed by atoms with Crippen molar-refractivity contribution in [1.29, 1.82) is 0 Å². The summed E-state index contributed by atoms with van der Waals surface area (Å²) in [6, 6.07) is 30.9. The van der Waals surface area contributed by atoms with Crippen molar-refractivity contribution in [3.63, 3.8) is 0 Å². The fourth-order valence-electron chi connectivity index (χ4n) is 3.26. The molecule has 0 aliphatic heterocycles.